The lowest BCUT2D eigenvalue weighted by Crippen LogP contribution is -2.59. The van der Waals surface area contributed by atoms with E-state index in [9.17, 15) is 15.8 Å². The third-order valence-electron chi connectivity index (χ3n) is 8.89. The van der Waals surface area contributed by atoms with Crippen LogP contribution in [0.4, 0.5) is 0 Å². The van der Waals surface area contributed by atoms with Crippen molar-refractivity contribution in [2.75, 3.05) is 0 Å². The van der Waals surface area contributed by atoms with Gasteiger partial charge in [0.05, 0.1) is 34.3 Å². The number of rotatable bonds is 2. The van der Waals surface area contributed by atoms with Gasteiger partial charge in [0.25, 0.3) is 6.71 Å². The summed E-state index contributed by atoms with van der Waals surface area (Å²) in [5.74, 6) is 4.46. The summed E-state index contributed by atoms with van der Waals surface area (Å²) in [5.41, 5.74) is 5.74. The summed E-state index contributed by atoms with van der Waals surface area (Å²) >= 11 is 0. The number of nitriles is 3. The fourth-order valence-corrected chi connectivity index (χ4v) is 6.97. The molecule has 0 saturated heterocycles. The van der Waals surface area contributed by atoms with Crippen molar-refractivity contribution in [1.82, 2.24) is 19.5 Å². The average Bonchev–Trinajstić information content (AvgIpc) is 3.44. The molecule has 0 unspecified atom stereocenters. The van der Waals surface area contributed by atoms with E-state index < -0.39 is 0 Å². The molecule has 10 nitrogen and oxygen atoms in total. The van der Waals surface area contributed by atoms with Crippen molar-refractivity contribution in [3.8, 4) is 70.0 Å². The first-order chi connectivity index (χ1) is 23.1. The van der Waals surface area contributed by atoms with Gasteiger partial charge >= 0.3 is 0 Å². The highest BCUT2D eigenvalue weighted by molar-refractivity contribution is 6.99. The molecule has 2 aromatic heterocycles. The summed E-state index contributed by atoms with van der Waals surface area (Å²) in [7, 11) is 0. The molecule has 0 saturated carbocycles. The van der Waals surface area contributed by atoms with Gasteiger partial charge in [-0.25, -0.2) is 0 Å². The minimum Gasteiger partial charge on any atom is -0.458 e. The Morgan fingerprint density at radius 2 is 1.06 bits per heavy atom. The normalized spacial score (nSPS) is 12.7. The molecule has 0 radical (unpaired) electrons. The monoisotopic (exact) mass is 603 g/mol. The van der Waals surface area contributed by atoms with E-state index in [1.54, 1.807) is 24.3 Å². The number of hydrogen-bond acceptors (Lipinski definition) is 9. The van der Waals surface area contributed by atoms with Gasteiger partial charge in [0.15, 0.2) is 5.82 Å². The molecule has 47 heavy (non-hydrogen) atoms. The van der Waals surface area contributed by atoms with Crippen LogP contribution in [0.2, 0.25) is 0 Å². The van der Waals surface area contributed by atoms with Crippen LogP contribution >= 0.6 is 0 Å². The van der Waals surface area contributed by atoms with E-state index in [2.05, 4.69) is 28.2 Å². The molecule has 0 fully saturated rings. The molecule has 214 valence electrons. The minimum atomic E-state index is -0.138. The molecule has 3 aliphatic heterocycles. The summed E-state index contributed by atoms with van der Waals surface area (Å²) in [6, 6.07) is 32.3. The Balaban J connectivity index is 1.20. The van der Waals surface area contributed by atoms with Crippen LogP contribution in [0.25, 0.3) is 39.1 Å². The average molecular weight is 603 g/mol. The number of nitrogens with zero attached hydrogens (tertiary/aromatic N) is 7. The van der Waals surface area contributed by atoms with E-state index in [1.807, 2.05) is 65.2 Å². The van der Waals surface area contributed by atoms with Gasteiger partial charge in [-0.2, -0.15) is 30.7 Å². The van der Waals surface area contributed by atoms with Crippen molar-refractivity contribution in [1.29, 1.82) is 15.8 Å². The van der Waals surface area contributed by atoms with Crippen molar-refractivity contribution < 1.29 is 14.2 Å². The van der Waals surface area contributed by atoms with Gasteiger partial charge in [0, 0.05) is 32.7 Å². The van der Waals surface area contributed by atoms with Crippen LogP contribution in [0.5, 0.6) is 34.5 Å². The minimum absolute atomic E-state index is 0.0788. The van der Waals surface area contributed by atoms with Gasteiger partial charge in [-0.3, -0.25) is 4.57 Å². The molecule has 0 spiro atoms. The molecule has 5 heterocycles. The SMILES string of the molecule is N#Cc1ccc2c(c1)c1cc(C#N)ccc1n2-c1nc(C#N)nc(-c2cc3c4c(c2)Oc2cccc5c2B4c2c(cccc2O3)O5)n1. The second-order valence-electron chi connectivity index (χ2n) is 11.4. The van der Waals surface area contributed by atoms with Crippen LogP contribution in [0, 0.1) is 34.0 Å². The number of aromatic nitrogens is 4. The Bertz CT molecular complexity index is 2590. The van der Waals surface area contributed by atoms with Gasteiger partial charge in [0.2, 0.25) is 11.8 Å². The summed E-state index contributed by atoms with van der Waals surface area (Å²) in [5, 5.41) is 30.7. The van der Waals surface area contributed by atoms with Crippen molar-refractivity contribution in [2.45, 2.75) is 0 Å². The molecular formula is C36H14BN7O3. The zero-order chi connectivity index (χ0) is 31.4. The highest BCUT2D eigenvalue weighted by Gasteiger charge is 2.46. The van der Waals surface area contributed by atoms with Gasteiger partial charge in [0.1, 0.15) is 40.6 Å². The molecule has 7 aromatic rings. The standard InChI is InChI=1S/C36H14BN7O3/c38-15-18-7-9-23-21(11-18)22-12-19(16-39)8-10-24(22)44(23)36-42-31(17-40)41-35(43-36)20-13-29-34-30(14-20)47-28-6-2-4-26-33(28)37(34)32-25(45-26)3-1-5-27(32)46-29/h1-14H. The lowest BCUT2D eigenvalue weighted by Gasteiger charge is -2.37. The number of benzene rings is 5. The summed E-state index contributed by atoms with van der Waals surface area (Å²) in [6.07, 6.45) is 0. The fourth-order valence-electron chi connectivity index (χ4n) is 6.97. The Morgan fingerprint density at radius 1 is 0.553 bits per heavy atom. The summed E-state index contributed by atoms with van der Waals surface area (Å²) < 4.78 is 21.0. The predicted octanol–water partition coefficient (Wildman–Crippen LogP) is 5.08. The molecule has 11 heteroatoms. The quantitative estimate of drug-likeness (QED) is 0.247. The second-order valence-corrected chi connectivity index (χ2v) is 11.4. The molecular weight excluding hydrogens is 589 g/mol. The summed E-state index contributed by atoms with van der Waals surface area (Å²) in [6.45, 7) is -0.138. The van der Waals surface area contributed by atoms with E-state index in [4.69, 9.17) is 19.2 Å². The van der Waals surface area contributed by atoms with Crippen LogP contribution in [-0.2, 0) is 0 Å². The fraction of sp³-hybridized carbons (Fsp3) is 0. The molecule has 3 aliphatic rings. The van der Waals surface area contributed by atoms with Gasteiger partial charge in [-0.05, 0) is 72.8 Å². The van der Waals surface area contributed by atoms with Gasteiger partial charge in [-0.1, -0.05) is 12.1 Å². The third-order valence-corrected chi connectivity index (χ3v) is 8.89. The van der Waals surface area contributed by atoms with E-state index in [-0.39, 0.29) is 24.3 Å². The molecule has 0 atom stereocenters. The van der Waals surface area contributed by atoms with E-state index in [0.29, 0.717) is 50.7 Å². The first kappa shape index (κ1) is 25.2. The topological polar surface area (TPSA) is 143 Å². The lowest BCUT2D eigenvalue weighted by atomic mass is 9.34. The highest BCUT2D eigenvalue weighted by atomic mass is 16.5. The maximum Gasteiger partial charge on any atom is 0.270 e. The van der Waals surface area contributed by atoms with Crippen molar-refractivity contribution in [3.63, 3.8) is 0 Å². The van der Waals surface area contributed by atoms with Crippen molar-refractivity contribution in [2.24, 2.45) is 0 Å². The maximum atomic E-state index is 10.0. The van der Waals surface area contributed by atoms with Gasteiger partial charge in [-0.15, -0.1) is 0 Å². The second kappa shape index (κ2) is 8.95. The third kappa shape index (κ3) is 3.38. The molecule has 0 bridgehead atoms. The number of ether oxygens (including phenoxy) is 3. The highest BCUT2D eigenvalue weighted by Crippen LogP contribution is 2.43. The summed E-state index contributed by atoms with van der Waals surface area (Å²) in [4.78, 5) is 13.9. The first-order valence-corrected chi connectivity index (χ1v) is 14.6. The molecule has 0 N–H and O–H groups in total. The predicted molar refractivity (Wildman–Crippen MR) is 172 cm³/mol. The lowest BCUT2D eigenvalue weighted by molar-refractivity contribution is 0.443. The Kier molecular flexibility index (Phi) is 4.80. The van der Waals surface area contributed by atoms with Crippen LogP contribution in [0.15, 0.2) is 84.9 Å². The molecule has 0 amide bonds. The van der Waals surface area contributed by atoms with E-state index >= 15 is 0 Å². The molecule has 0 aliphatic carbocycles. The number of fused-ring (bicyclic) bond motifs is 3. The van der Waals surface area contributed by atoms with Crippen molar-refractivity contribution in [3.05, 3.63) is 102 Å². The largest absolute Gasteiger partial charge is 0.458 e. The van der Waals surface area contributed by atoms with Crippen LogP contribution in [0.3, 0.4) is 0 Å². The number of hydrogen-bond donors (Lipinski definition) is 0. The Morgan fingerprint density at radius 3 is 1.57 bits per heavy atom. The molecule has 5 aromatic carbocycles. The Hall–Kier alpha value is -7.16. The smallest absolute Gasteiger partial charge is 0.270 e. The van der Waals surface area contributed by atoms with Crippen LogP contribution in [-0.4, -0.2) is 26.2 Å². The van der Waals surface area contributed by atoms with Gasteiger partial charge < -0.3 is 14.2 Å². The van der Waals surface area contributed by atoms with E-state index in [0.717, 1.165) is 38.7 Å². The molecule has 10 rings (SSSR count). The van der Waals surface area contributed by atoms with E-state index in [1.165, 1.54) is 0 Å². The Labute approximate surface area is 266 Å². The zero-order valence-corrected chi connectivity index (χ0v) is 24.0. The first-order valence-electron chi connectivity index (χ1n) is 14.6. The maximum absolute atomic E-state index is 10.0. The van der Waals surface area contributed by atoms with Crippen LogP contribution in [0.1, 0.15) is 17.0 Å². The van der Waals surface area contributed by atoms with Crippen LogP contribution < -0.4 is 30.6 Å². The zero-order valence-electron chi connectivity index (χ0n) is 24.0. The van der Waals surface area contributed by atoms with Crippen molar-refractivity contribution >= 4 is 44.9 Å².